The third kappa shape index (κ3) is 2.61. The number of rotatable bonds is 5. The van der Waals surface area contributed by atoms with E-state index in [4.69, 9.17) is 0 Å². The summed E-state index contributed by atoms with van der Waals surface area (Å²) in [5.41, 5.74) is 2.29. The number of hydrogen-bond donors (Lipinski definition) is 1. The van der Waals surface area contributed by atoms with E-state index in [0.29, 0.717) is 17.3 Å². The Morgan fingerprint density at radius 1 is 1.45 bits per heavy atom. The van der Waals surface area contributed by atoms with Gasteiger partial charge < -0.3 is 9.29 Å². The lowest BCUT2D eigenvalue weighted by molar-refractivity contribution is 0.00474. The van der Waals surface area contributed by atoms with Gasteiger partial charge in [-0.25, -0.2) is 4.98 Å². The zero-order chi connectivity index (χ0) is 14.3. The van der Waals surface area contributed by atoms with Crippen LogP contribution in [0.1, 0.15) is 32.5 Å². The molecule has 0 atom stereocenters. The Morgan fingerprint density at radius 2 is 2.20 bits per heavy atom. The van der Waals surface area contributed by atoms with Crippen LogP contribution < -0.4 is 4.72 Å². The third-order valence-corrected chi connectivity index (χ3v) is 4.48. The van der Waals surface area contributed by atoms with Gasteiger partial charge in [-0.2, -0.15) is 8.78 Å². The number of aromatic nitrogens is 2. The number of halogens is 2. The van der Waals surface area contributed by atoms with Gasteiger partial charge in [0, 0.05) is 24.4 Å². The molecule has 1 aromatic heterocycles. The predicted octanol–water partition coefficient (Wildman–Crippen LogP) is 4.39. The monoisotopic (exact) mass is 297 g/mol. The van der Waals surface area contributed by atoms with Gasteiger partial charge in [0.15, 0.2) is 5.82 Å². The molecule has 0 aliphatic heterocycles. The van der Waals surface area contributed by atoms with Crippen molar-refractivity contribution in [2.24, 2.45) is 0 Å². The molecular formula is C14H17F2N3S. The first-order valence-electron chi connectivity index (χ1n) is 6.79. The van der Waals surface area contributed by atoms with Crippen molar-refractivity contribution in [1.29, 1.82) is 0 Å². The van der Waals surface area contributed by atoms with E-state index in [0.717, 1.165) is 18.1 Å². The second kappa shape index (κ2) is 4.91. The summed E-state index contributed by atoms with van der Waals surface area (Å²) >= 11 is 1.69. The number of imidazole rings is 1. The molecule has 3 rings (SSSR count). The van der Waals surface area contributed by atoms with Gasteiger partial charge in [0.2, 0.25) is 0 Å². The van der Waals surface area contributed by atoms with Crippen LogP contribution in [0.2, 0.25) is 0 Å². The van der Waals surface area contributed by atoms with E-state index in [9.17, 15) is 8.78 Å². The number of nitrogens with zero attached hydrogens (tertiary/aromatic N) is 2. The Labute approximate surface area is 120 Å². The molecule has 1 aliphatic rings. The van der Waals surface area contributed by atoms with Gasteiger partial charge in [0.05, 0.1) is 11.0 Å². The van der Waals surface area contributed by atoms with E-state index in [1.54, 1.807) is 16.5 Å². The van der Waals surface area contributed by atoms with Crippen LogP contribution >= 0.6 is 11.9 Å². The van der Waals surface area contributed by atoms with Crippen molar-refractivity contribution in [2.75, 3.05) is 4.72 Å². The topological polar surface area (TPSA) is 29.9 Å². The van der Waals surface area contributed by atoms with Crippen LogP contribution in [0.4, 0.5) is 14.5 Å². The molecule has 0 unspecified atom stereocenters. The van der Waals surface area contributed by atoms with Crippen LogP contribution in [-0.4, -0.2) is 14.8 Å². The van der Waals surface area contributed by atoms with Crippen molar-refractivity contribution < 1.29 is 8.78 Å². The van der Waals surface area contributed by atoms with E-state index in [1.807, 2.05) is 25.1 Å². The number of alkyl halides is 2. The molecule has 0 amide bonds. The Hall–Kier alpha value is -1.30. The third-order valence-electron chi connectivity index (χ3n) is 3.32. The lowest BCUT2D eigenvalue weighted by Gasteiger charge is -2.11. The number of benzene rings is 1. The normalized spacial score (nSPS) is 15.8. The molecule has 0 bridgehead atoms. The van der Waals surface area contributed by atoms with Crippen molar-refractivity contribution in [3.8, 4) is 0 Å². The zero-order valence-corrected chi connectivity index (χ0v) is 12.3. The van der Waals surface area contributed by atoms with Gasteiger partial charge in [-0.15, -0.1) is 0 Å². The van der Waals surface area contributed by atoms with Gasteiger partial charge in [-0.3, -0.25) is 0 Å². The first kappa shape index (κ1) is 13.7. The Bertz CT molecular complexity index is 629. The van der Waals surface area contributed by atoms with E-state index in [1.165, 1.54) is 12.8 Å². The SMILES string of the molecule is CCn1c(C(C)(F)F)nc2cc(NSC3CC3)ccc21. The molecule has 108 valence electrons. The quantitative estimate of drug-likeness (QED) is 0.830. The zero-order valence-electron chi connectivity index (χ0n) is 11.5. The van der Waals surface area contributed by atoms with Gasteiger partial charge in [0.25, 0.3) is 0 Å². The molecule has 1 saturated carbocycles. The van der Waals surface area contributed by atoms with Crippen molar-refractivity contribution in [3.63, 3.8) is 0 Å². The van der Waals surface area contributed by atoms with Gasteiger partial charge in [-0.05, 0) is 49.9 Å². The highest BCUT2D eigenvalue weighted by molar-refractivity contribution is 8.01. The molecule has 1 aromatic carbocycles. The molecule has 0 saturated heterocycles. The van der Waals surface area contributed by atoms with E-state index in [-0.39, 0.29) is 5.82 Å². The van der Waals surface area contributed by atoms with Crippen LogP contribution in [0.5, 0.6) is 0 Å². The fourth-order valence-corrected chi connectivity index (χ4v) is 2.99. The Balaban J connectivity index is 1.96. The average molecular weight is 297 g/mol. The molecule has 3 nitrogen and oxygen atoms in total. The predicted molar refractivity (Wildman–Crippen MR) is 79.2 cm³/mol. The summed E-state index contributed by atoms with van der Waals surface area (Å²) < 4.78 is 32.0. The Kier molecular flexibility index (Phi) is 3.36. The van der Waals surface area contributed by atoms with Crippen LogP contribution in [0.3, 0.4) is 0 Å². The van der Waals surface area contributed by atoms with E-state index < -0.39 is 5.92 Å². The van der Waals surface area contributed by atoms with Crippen molar-refractivity contribution in [1.82, 2.24) is 9.55 Å². The fourth-order valence-electron chi connectivity index (χ4n) is 2.19. The summed E-state index contributed by atoms with van der Waals surface area (Å²) in [6.45, 7) is 3.23. The van der Waals surface area contributed by atoms with Crippen LogP contribution in [0.15, 0.2) is 18.2 Å². The minimum Gasteiger partial charge on any atom is -0.329 e. The molecule has 1 aliphatic carbocycles. The number of aryl methyl sites for hydroxylation is 1. The molecule has 1 fully saturated rings. The molecule has 0 spiro atoms. The summed E-state index contributed by atoms with van der Waals surface area (Å²) in [6, 6.07) is 5.62. The number of hydrogen-bond acceptors (Lipinski definition) is 3. The largest absolute Gasteiger partial charge is 0.329 e. The minimum atomic E-state index is -2.93. The molecule has 1 heterocycles. The molecule has 20 heavy (non-hydrogen) atoms. The summed E-state index contributed by atoms with van der Waals surface area (Å²) in [5, 5.41) is 0.689. The molecular weight excluding hydrogens is 280 g/mol. The highest BCUT2D eigenvalue weighted by atomic mass is 32.2. The first-order valence-corrected chi connectivity index (χ1v) is 7.67. The molecule has 0 radical (unpaired) electrons. The van der Waals surface area contributed by atoms with Crippen LogP contribution in [0, 0.1) is 0 Å². The van der Waals surface area contributed by atoms with Crippen LogP contribution in [0.25, 0.3) is 11.0 Å². The standard InChI is InChI=1S/C14H17F2N3S/c1-3-19-12-7-4-9(18-20-10-5-6-10)8-11(12)17-13(19)14(2,15)16/h4,7-8,10,18H,3,5-6H2,1-2H3. The summed E-state index contributed by atoms with van der Waals surface area (Å²) in [6.07, 6.45) is 2.49. The lowest BCUT2D eigenvalue weighted by Crippen LogP contribution is -2.15. The molecule has 1 N–H and O–H groups in total. The highest BCUT2D eigenvalue weighted by Crippen LogP contribution is 2.35. The molecule has 6 heteroatoms. The van der Waals surface area contributed by atoms with Gasteiger partial charge >= 0.3 is 5.92 Å². The lowest BCUT2D eigenvalue weighted by atomic mass is 10.3. The summed E-state index contributed by atoms with van der Waals surface area (Å²) in [4.78, 5) is 4.12. The maximum atomic E-state index is 13.6. The van der Waals surface area contributed by atoms with E-state index >= 15 is 0 Å². The Morgan fingerprint density at radius 3 is 2.80 bits per heavy atom. The minimum absolute atomic E-state index is 0.165. The van der Waals surface area contributed by atoms with Crippen molar-refractivity contribution in [2.45, 2.75) is 44.4 Å². The molecule has 2 aromatic rings. The smallest absolute Gasteiger partial charge is 0.302 e. The second-order valence-corrected chi connectivity index (χ2v) is 6.30. The maximum Gasteiger partial charge on any atom is 0.302 e. The summed E-state index contributed by atoms with van der Waals surface area (Å²) in [7, 11) is 0. The van der Waals surface area contributed by atoms with Gasteiger partial charge in [-0.1, -0.05) is 0 Å². The fraction of sp³-hybridized carbons (Fsp3) is 0.500. The van der Waals surface area contributed by atoms with Crippen molar-refractivity contribution >= 4 is 28.7 Å². The second-order valence-electron chi connectivity index (χ2n) is 5.19. The number of fused-ring (bicyclic) bond motifs is 1. The van der Waals surface area contributed by atoms with Crippen molar-refractivity contribution in [3.05, 3.63) is 24.0 Å². The summed E-state index contributed by atoms with van der Waals surface area (Å²) in [5.74, 6) is -3.09. The maximum absolute atomic E-state index is 13.6. The van der Waals surface area contributed by atoms with E-state index in [2.05, 4.69) is 9.71 Å². The van der Waals surface area contributed by atoms with Crippen LogP contribution in [-0.2, 0) is 12.5 Å². The highest BCUT2D eigenvalue weighted by Gasteiger charge is 2.31. The number of nitrogens with one attached hydrogen (secondary N) is 1. The van der Waals surface area contributed by atoms with Gasteiger partial charge in [0.1, 0.15) is 0 Å². The first-order chi connectivity index (χ1) is 9.49. The average Bonchev–Trinajstić information content (AvgIpc) is 3.14. The number of anilines is 1.